The summed E-state index contributed by atoms with van der Waals surface area (Å²) in [5.41, 5.74) is 9.12. The number of hydrogen-bond donors (Lipinski definition) is 0. The van der Waals surface area contributed by atoms with Crippen molar-refractivity contribution >= 4 is 0 Å². The van der Waals surface area contributed by atoms with Crippen LogP contribution in [-0.2, 0) is 36.5 Å². The van der Waals surface area contributed by atoms with Crippen LogP contribution in [0.3, 0.4) is 0 Å². The van der Waals surface area contributed by atoms with E-state index < -0.39 is 0 Å². The second-order valence-corrected chi connectivity index (χ2v) is 15.7. The highest BCUT2D eigenvalue weighted by Gasteiger charge is 2.27. The molecule has 0 heterocycles. The van der Waals surface area contributed by atoms with E-state index in [2.05, 4.69) is 115 Å². The van der Waals surface area contributed by atoms with Crippen LogP contribution in [0.25, 0.3) is 0 Å². The Morgan fingerprint density at radius 3 is 0.917 bits per heavy atom. The van der Waals surface area contributed by atoms with Gasteiger partial charge < -0.3 is 18.9 Å². The van der Waals surface area contributed by atoms with Crippen molar-refractivity contribution in [3.8, 4) is 34.5 Å². The molecule has 0 aliphatic heterocycles. The van der Waals surface area contributed by atoms with E-state index in [9.17, 15) is 0 Å². The summed E-state index contributed by atoms with van der Waals surface area (Å²) in [7, 11) is 3.41. The lowest BCUT2D eigenvalue weighted by Gasteiger charge is -2.28. The predicted octanol–water partition coefficient (Wildman–Crippen LogP) is 14.5. The van der Waals surface area contributed by atoms with E-state index in [1.807, 2.05) is 97.1 Å². The topological polar surface area (TPSA) is 36.9 Å². The molecule has 0 saturated heterocycles. The van der Waals surface area contributed by atoms with Crippen LogP contribution in [-0.4, -0.2) is 14.2 Å². The van der Waals surface area contributed by atoms with Gasteiger partial charge in [-0.2, -0.15) is 0 Å². The van der Waals surface area contributed by atoms with Gasteiger partial charge in [-0.1, -0.05) is 137 Å². The number of methoxy groups -OCH3 is 2. The van der Waals surface area contributed by atoms with Crippen LogP contribution in [0.5, 0.6) is 34.5 Å². The van der Waals surface area contributed by atoms with Crippen LogP contribution in [0.15, 0.2) is 184 Å². The monoisotopic (exact) mass is 796 g/mol. The van der Waals surface area contributed by atoms with Gasteiger partial charge in [0.25, 0.3) is 0 Å². The van der Waals surface area contributed by atoms with E-state index in [0.717, 1.165) is 82.4 Å². The predicted molar refractivity (Wildman–Crippen MR) is 252 cm³/mol. The Morgan fingerprint density at radius 1 is 0.383 bits per heavy atom. The highest BCUT2D eigenvalue weighted by molar-refractivity contribution is 5.51. The molecule has 4 nitrogen and oxygen atoms in total. The first-order valence-corrected chi connectivity index (χ1v) is 20.5. The largest absolute Gasteiger partial charge is 0.496 e. The lowest BCUT2D eigenvalue weighted by molar-refractivity contribution is 0.409. The molecule has 60 heavy (non-hydrogen) atoms. The lowest BCUT2D eigenvalue weighted by atomic mass is 9.76. The minimum absolute atomic E-state index is 0.135. The fraction of sp³-hybridized carbons (Fsp3) is 0.214. The van der Waals surface area contributed by atoms with Crippen LogP contribution >= 0.6 is 0 Å². The van der Waals surface area contributed by atoms with Gasteiger partial charge in [-0.25, -0.2) is 0 Å². The van der Waals surface area contributed by atoms with Gasteiger partial charge in [0.15, 0.2) is 0 Å². The Balaban J connectivity index is 0.000000241. The normalized spacial score (nSPS) is 11.0. The third-order valence-corrected chi connectivity index (χ3v) is 11.0. The SMILES string of the molecule is C=CCc1cc(C(C)(C)c2ccc(OC)c(CC=C)c2)ccc1OC.C=CCc1cc(C(C)(C)c2ccc(Oc3ccccc3)c(CC=C)c2)ccc1Oc1ccccc1. The molecule has 0 atom stereocenters. The fourth-order valence-electron chi connectivity index (χ4n) is 7.29. The third kappa shape index (κ3) is 10.9. The second kappa shape index (κ2) is 20.9. The van der Waals surface area contributed by atoms with Crippen LogP contribution in [0.1, 0.15) is 72.2 Å². The zero-order chi connectivity index (χ0) is 43.1. The number of benzene rings is 6. The molecule has 308 valence electrons. The Kier molecular flexibility index (Phi) is 15.6. The van der Waals surface area contributed by atoms with Crippen molar-refractivity contribution in [3.63, 3.8) is 0 Å². The van der Waals surface area contributed by atoms with Gasteiger partial charge in [-0.05, 0) is 119 Å². The highest BCUT2D eigenvalue weighted by atomic mass is 16.5. The molecule has 6 aromatic rings. The molecule has 0 aliphatic carbocycles. The van der Waals surface area contributed by atoms with Crippen molar-refractivity contribution in [2.75, 3.05) is 14.2 Å². The molecule has 4 heteroatoms. The molecule has 0 unspecified atom stereocenters. The maximum absolute atomic E-state index is 6.18. The smallest absolute Gasteiger partial charge is 0.130 e. The minimum Gasteiger partial charge on any atom is -0.496 e. The van der Waals surface area contributed by atoms with Gasteiger partial charge in [0.2, 0.25) is 0 Å². The zero-order valence-corrected chi connectivity index (χ0v) is 36.3. The maximum atomic E-state index is 6.18. The Hall–Kier alpha value is -6.52. The van der Waals surface area contributed by atoms with E-state index in [1.54, 1.807) is 14.2 Å². The molecule has 0 amide bonds. The molecule has 0 aromatic heterocycles. The molecular weight excluding hydrogens is 737 g/mol. The van der Waals surface area contributed by atoms with Crippen molar-refractivity contribution in [3.05, 3.63) is 229 Å². The lowest BCUT2D eigenvalue weighted by Crippen LogP contribution is -2.19. The summed E-state index contributed by atoms with van der Waals surface area (Å²) >= 11 is 0. The first kappa shape index (κ1) is 44.6. The van der Waals surface area contributed by atoms with E-state index in [1.165, 1.54) is 22.3 Å². The Labute approximate surface area is 359 Å². The highest BCUT2D eigenvalue weighted by Crippen LogP contribution is 2.39. The quantitative estimate of drug-likeness (QED) is 0.0812. The molecule has 0 bridgehead atoms. The molecule has 0 spiro atoms. The first-order chi connectivity index (χ1) is 29.0. The molecular formula is C56H60O4. The zero-order valence-electron chi connectivity index (χ0n) is 36.3. The van der Waals surface area contributed by atoms with Crippen molar-refractivity contribution in [1.29, 1.82) is 0 Å². The van der Waals surface area contributed by atoms with Gasteiger partial charge in [-0.15, -0.1) is 26.3 Å². The number of allylic oxidation sites excluding steroid dienone is 4. The van der Waals surface area contributed by atoms with Crippen LogP contribution in [0, 0.1) is 0 Å². The number of para-hydroxylation sites is 2. The summed E-state index contributed by atoms with van der Waals surface area (Å²) in [6.45, 7) is 24.6. The summed E-state index contributed by atoms with van der Waals surface area (Å²) in [6.07, 6.45) is 10.7. The van der Waals surface area contributed by atoms with Crippen LogP contribution in [0.4, 0.5) is 0 Å². The summed E-state index contributed by atoms with van der Waals surface area (Å²) in [5.74, 6) is 5.17. The summed E-state index contributed by atoms with van der Waals surface area (Å²) in [5, 5.41) is 0. The van der Waals surface area contributed by atoms with E-state index in [-0.39, 0.29) is 10.8 Å². The minimum atomic E-state index is -0.220. The fourth-order valence-corrected chi connectivity index (χ4v) is 7.29. The summed E-state index contributed by atoms with van der Waals surface area (Å²) in [4.78, 5) is 0. The van der Waals surface area contributed by atoms with Crippen molar-refractivity contribution in [2.24, 2.45) is 0 Å². The molecule has 0 radical (unpaired) electrons. The van der Waals surface area contributed by atoms with Gasteiger partial charge in [0.1, 0.15) is 34.5 Å². The van der Waals surface area contributed by atoms with Crippen LogP contribution < -0.4 is 18.9 Å². The standard InChI is InChI=1S/C33H32O2.C23H28O2/c1-5-13-25-23-27(19-21-31(25)34-29-15-9-7-10-16-29)33(3,4)28-20-22-32(26(24-28)14-6-2)35-30-17-11-8-12-18-30;1-7-9-17-15-19(11-13-21(17)24-5)23(3,4)20-12-14-22(25-6)18(16-20)10-8-2/h5-12,15-24H,1-2,13-14H2,3-4H3;7-8,11-16H,1-2,9-10H2,3-6H3. The molecule has 0 saturated carbocycles. The number of ether oxygens (including phenoxy) is 4. The average molecular weight is 797 g/mol. The number of hydrogen-bond acceptors (Lipinski definition) is 4. The second-order valence-electron chi connectivity index (χ2n) is 15.7. The van der Waals surface area contributed by atoms with Crippen LogP contribution in [0.2, 0.25) is 0 Å². The van der Waals surface area contributed by atoms with Crippen molar-refractivity contribution < 1.29 is 18.9 Å². The van der Waals surface area contributed by atoms with Gasteiger partial charge in [0.05, 0.1) is 14.2 Å². The molecule has 0 fully saturated rings. The van der Waals surface area contributed by atoms with Gasteiger partial charge in [-0.3, -0.25) is 0 Å². The molecule has 0 N–H and O–H groups in total. The average Bonchev–Trinajstić information content (AvgIpc) is 3.26. The molecule has 6 aromatic carbocycles. The Morgan fingerprint density at radius 2 is 0.650 bits per heavy atom. The third-order valence-electron chi connectivity index (χ3n) is 11.0. The van der Waals surface area contributed by atoms with Crippen molar-refractivity contribution in [2.45, 2.75) is 64.2 Å². The summed E-state index contributed by atoms with van der Waals surface area (Å²) < 4.78 is 23.3. The van der Waals surface area contributed by atoms with E-state index >= 15 is 0 Å². The summed E-state index contributed by atoms with van der Waals surface area (Å²) in [6, 6.07) is 45.5. The molecule has 6 rings (SSSR count). The molecule has 0 aliphatic rings. The van der Waals surface area contributed by atoms with E-state index in [4.69, 9.17) is 18.9 Å². The number of rotatable bonds is 18. The Bertz CT molecular complexity index is 2200. The maximum Gasteiger partial charge on any atom is 0.130 e. The van der Waals surface area contributed by atoms with Gasteiger partial charge in [0, 0.05) is 10.8 Å². The first-order valence-electron chi connectivity index (χ1n) is 20.5. The van der Waals surface area contributed by atoms with Gasteiger partial charge >= 0.3 is 0 Å². The van der Waals surface area contributed by atoms with E-state index in [0.29, 0.717) is 0 Å². The van der Waals surface area contributed by atoms with Crippen molar-refractivity contribution in [1.82, 2.24) is 0 Å².